The minimum absolute atomic E-state index is 0.0864. The number of nitrogens with zero attached hydrogens (tertiary/aromatic N) is 2. The Balaban J connectivity index is 1.85. The maximum Gasteiger partial charge on any atom is 0.231 e. The number of aromatic nitrogens is 2. The average molecular weight is 327 g/mol. The van der Waals surface area contributed by atoms with Crippen LogP contribution in [0.25, 0.3) is 0 Å². The summed E-state index contributed by atoms with van der Waals surface area (Å²) in [6.07, 6.45) is 3.26. The Morgan fingerprint density at radius 3 is 2.62 bits per heavy atom. The van der Waals surface area contributed by atoms with Gasteiger partial charge in [-0.3, -0.25) is 9.48 Å². The molecule has 1 aliphatic rings. The van der Waals surface area contributed by atoms with E-state index in [9.17, 15) is 4.79 Å². The number of hydrogen-bond acceptors (Lipinski definition) is 3. The number of carbonyl (C=O) groups excluding carboxylic acids is 1. The lowest BCUT2D eigenvalue weighted by Gasteiger charge is -2.37. The fourth-order valence-corrected chi connectivity index (χ4v) is 3.51. The maximum atomic E-state index is 13.2. The van der Waals surface area contributed by atoms with Crippen LogP contribution in [0.5, 0.6) is 0 Å². The van der Waals surface area contributed by atoms with Gasteiger partial charge in [0.2, 0.25) is 5.91 Å². The molecule has 24 heavy (non-hydrogen) atoms. The van der Waals surface area contributed by atoms with E-state index >= 15 is 0 Å². The van der Waals surface area contributed by atoms with Crippen LogP contribution in [0.4, 0.5) is 0 Å². The van der Waals surface area contributed by atoms with Gasteiger partial charge in [0.1, 0.15) is 0 Å². The van der Waals surface area contributed by atoms with Gasteiger partial charge < -0.3 is 10.1 Å². The summed E-state index contributed by atoms with van der Waals surface area (Å²) >= 11 is 0. The van der Waals surface area contributed by atoms with Gasteiger partial charge in [0.05, 0.1) is 11.6 Å². The van der Waals surface area contributed by atoms with Crippen molar-refractivity contribution in [2.75, 3.05) is 13.2 Å². The van der Waals surface area contributed by atoms with E-state index in [0.29, 0.717) is 19.8 Å². The highest BCUT2D eigenvalue weighted by atomic mass is 16.5. The summed E-state index contributed by atoms with van der Waals surface area (Å²) in [5, 5.41) is 7.38. The fourth-order valence-electron chi connectivity index (χ4n) is 3.51. The van der Waals surface area contributed by atoms with E-state index in [-0.39, 0.29) is 5.91 Å². The van der Waals surface area contributed by atoms with Crippen molar-refractivity contribution < 1.29 is 9.53 Å². The first kappa shape index (κ1) is 16.7. The van der Waals surface area contributed by atoms with Gasteiger partial charge in [-0.25, -0.2) is 0 Å². The zero-order chi connectivity index (χ0) is 17.2. The van der Waals surface area contributed by atoms with E-state index in [1.807, 2.05) is 37.0 Å². The van der Waals surface area contributed by atoms with Crippen molar-refractivity contribution in [3.8, 4) is 0 Å². The molecule has 0 unspecified atom stereocenters. The Kier molecular flexibility index (Phi) is 4.71. The Bertz CT molecular complexity index is 730. The number of ether oxygens (including phenoxy) is 1. The van der Waals surface area contributed by atoms with E-state index in [4.69, 9.17) is 4.74 Å². The van der Waals surface area contributed by atoms with E-state index < -0.39 is 5.41 Å². The lowest BCUT2D eigenvalue weighted by Crippen LogP contribution is -2.48. The molecule has 3 rings (SSSR count). The Hall–Kier alpha value is -2.14. The highest BCUT2D eigenvalue weighted by Gasteiger charge is 2.42. The highest BCUT2D eigenvalue weighted by Crippen LogP contribution is 2.37. The fraction of sp³-hybridized carbons (Fsp3) is 0.474. The molecule has 5 heteroatoms. The first-order valence-electron chi connectivity index (χ1n) is 8.44. The maximum absolute atomic E-state index is 13.2. The van der Waals surface area contributed by atoms with Crippen molar-refractivity contribution >= 4 is 5.91 Å². The van der Waals surface area contributed by atoms with Crippen LogP contribution in [-0.4, -0.2) is 28.9 Å². The smallest absolute Gasteiger partial charge is 0.231 e. The Labute approximate surface area is 143 Å². The van der Waals surface area contributed by atoms with Crippen molar-refractivity contribution in [1.82, 2.24) is 15.1 Å². The first-order chi connectivity index (χ1) is 11.5. The first-order valence-corrected chi connectivity index (χ1v) is 8.44. The average Bonchev–Trinajstić information content (AvgIpc) is 2.92. The predicted molar refractivity (Wildman–Crippen MR) is 92.7 cm³/mol. The summed E-state index contributed by atoms with van der Waals surface area (Å²) in [5.74, 6) is 0.0864. The van der Waals surface area contributed by atoms with E-state index in [0.717, 1.165) is 35.2 Å². The van der Waals surface area contributed by atoms with Gasteiger partial charge in [-0.2, -0.15) is 5.10 Å². The molecule has 0 aliphatic carbocycles. The van der Waals surface area contributed by atoms with E-state index in [1.54, 1.807) is 0 Å². The molecule has 1 fully saturated rings. The Morgan fingerprint density at radius 1 is 1.29 bits per heavy atom. The van der Waals surface area contributed by atoms with Crippen molar-refractivity contribution in [2.45, 2.75) is 38.6 Å². The summed E-state index contributed by atoms with van der Waals surface area (Å²) in [4.78, 5) is 13.2. The van der Waals surface area contributed by atoms with Crippen LogP contribution >= 0.6 is 0 Å². The molecule has 0 saturated carbocycles. The standard InChI is InChI=1S/C19H25N3O2/c1-14-6-4-5-7-17(14)19(8-10-24-11-9-19)18(23)20-12-16-13-21-22(3)15(16)2/h4-7,13H,8-12H2,1-3H3,(H,20,23). The lowest BCUT2D eigenvalue weighted by atomic mass is 9.71. The topological polar surface area (TPSA) is 56.2 Å². The molecular formula is C19H25N3O2. The van der Waals surface area contributed by atoms with Crippen LogP contribution in [0.15, 0.2) is 30.5 Å². The molecular weight excluding hydrogens is 302 g/mol. The van der Waals surface area contributed by atoms with Crippen molar-refractivity contribution in [1.29, 1.82) is 0 Å². The van der Waals surface area contributed by atoms with Gasteiger partial charge in [0.15, 0.2) is 0 Å². The van der Waals surface area contributed by atoms with Gasteiger partial charge in [-0.05, 0) is 37.8 Å². The number of carbonyl (C=O) groups is 1. The number of amides is 1. The second-order valence-corrected chi connectivity index (χ2v) is 6.57. The molecule has 0 bridgehead atoms. The number of aryl methyl sites for hydroxylation is 2. The van der Waals surface area contributed by atoms with Crippen molar-refractivity contribution in [3.05, 3.63) is 52.8 Å². The zero-order valence-corrected chi connectivity index (χ0v) is 14.6. The quantitative estimate of drug-likeness (QED) is 0.938. The molecule has 1 amide bonds. The predicted octanol–water partition coefficient (Wildman–Crippen LogP) is 2.40. The van der Waals surface area contributed by atoms with Crippen LogP contribution < -0.4 is 5.32 Å². The molecule has 0 atom stereocenters. The van der Waals surface area contributed by atoms with Gasteiger partial charge in [-0.15, -0.1) is 0 Å². The van der Waals surface area contributed by atoms with Crippen molar-refractivity contribution in [2.24, 2.45) is 7.05 Å². The SMILES string of the molecule is Cc1ccccc1C1(C(=O)NCc2cnn(C)c2C)CCOCC1. The third-order valence-electron chi connectivity index (χ3n) is 5.22. The van der Waals surface area contributed by atoms with Gasteiger partial charge in [0.25, 0.3) is 0 Å². The molecule has 2 aromatic rings. The molecule has 0 radical (unpaired) electrons. The van der Waals surface area contributed by atoms with Gasteiger partial charge >= 0.3 is 0 Å². The third kappa shape index (κ3) is 2.96. The molecule has 2 heterocycles. The largest absolute Gasteiger partial charge is 0.381 e. The van der Waals surface area contributed by atoms with Crippen LogP contribution in [0.1, 0.15) is 35.2 Å². The summed E-state index contributed by atoms with van der Waals surface area (Å²) in [7, 11) is 1.91. The summed E-state index contributed by atoms with van der Waals surface area (Å²) in [6, 6.07) is 8.18. The minimum Gasteiger partial charge on any atom is -0.381 e. The third-order valence-corrected chi connectivity index (χ3v) is 5.22. The second-order valence-electron chi connectivity index (χ2n) is 6.57. The molecule has 0 spiro atoms. The highest BCUT2D eigenvalue weighted by molar-refractivity contribution is 5.88. The summed E-state index contributed by atoms with van der Waals surface area (Å²) < 4.78 is 7.35. The molecule has 1 aromatic carbocycles. The van der Waals surface area contributed by atoms with Crippen LogP contribution in [0.3, 0.4) is 0 Å². The molecule has 128 valence electrons. The minimum atomic E-state index is -0.500. The Morgan fingerprint density at radius 2 is 2.00 bits per heavy atom. The van der Waals surface area contributed by atoms with Crippen LogP contribution in [0.2, 0.25) is 0 Å². The number of rotatable bonds is 4. The van der Waals surface area contributed by atoms with Crippen LogP contribution in [-0.2, 0) is 28.5 Å². The molecule has 5 nitrogen and oxygen atoms in total. The second kappa shape index (κ2) is 6.77. The molecule has 1 aliphatic heterocycles. The number of hydrogen-bond donors (Lipinski definition) is 1. The number of nitrogens with one attached hydrogen (secondary N) is 1. The zero-order valence-electron chi connectivity index (χ0n) is 14.6. The van der Waals surface area contributed by atoms with Crippen LogP contribution in [0, 0.1) is 13.8 Å². The monoisotopic (exact) mass is 327 g/mol. The van der Waals surface area contributed by atoms with E-state index in [2.05, 4.69) is 29.5 Å². The van der Waals surface area contributed by atoms with Gasteiger partial charge in [-0.1, -0.05) is 24.3 Å². The molecule has 1 aromatic heterocycles. The summed E-state index contributed by atoms with van der Waals surface area (Å²) in [5.41, 5.74) is 3.91. The van der Waals surface area contributed by atoms with E-state index in [1.165, 1.54) is 0 Å². The molecule has 1 N–H and O–H groups in total. The molecule has 1 saturated heterocycles. The normalized spacial score (nSPS) is 16.8. The van der Waals surface area contributed by atoms with Crippen molar-refractivity contribution in [3.63, 3.8) is 0 Å². The number of benzene rings is 1. The lowest BCUT2D eigenvalue weighted by molar-refractivity contribution is -0.130. The van der Waals surface area contributed by atoms with Gasteiger partial charge in [0, 0.05) is 38.1 Å². The summed E-state index contributed by atoms with van der Waals surface area (Å²) in [6.45, 7) is 5.83.